The summed E-state index contributed by atoms with van der Waals surface area (Å²) in [5.74, 6) is 0.0230. The first-order valence-corrected chi connectivity index (χ1v) is 7.53. The number of amides is 1. The number of nitrogens with zero attached hydrogens (tertiary/aromatic N) is 2. The molecule has 116 valence electrons. The molecular formula is C16H25N3O2. The van der Waals surface area contributed by atoms with Crippen LogP contribution in [0.3, 0.4) is 0 Å². The van der Waals surface area contributed by atoms with Gasteiger partial charge in [0.15, 0.2) is 0 Å². The smallest absolute Gasteiger partial charge is 0.244 e. The third kappa shape index (κ3) is 4.52. The van der Waals surface area contributed by atoms with Crippen LogP contribution in [0, 0.1) is 0 Å². The molecule has 0 aliphatic carbocycles. The molecule has 5 heteroatoms. The van der Waals surface area contributed by atoms with Crippen molar-refractivity contribution in [2.45, 2.75) is 12.5 Å². The van der Waals surface area contributed by atoms with Crippen LogP contribution in [-0.4, -0.2) is 62.1 Å². The molecule has 0 spiro atoms. The van der Waals surface area contributed by atoms with Crippen molar-refractivity contribution >= 4 is 5.91 Å². The first kappa shape index (κ1) is 15.9. The molecular weight excluding hydrogens is 266 g/mol. The van der Waals surface area contributed by atoms with Crippen molar-refractivity contribution in [1.29, 1.82) is 0 Å². The summed E-state index contributed by atoms with van der Waals surface area (Å²) in [6.45, 7) is 5.07. The topological polar surface area (TPSA) is 58.8 Å². The lowest BCUT2D eigenvalue weighted by molar-refractivity contribution is -0.132. The molecule has 21 heavy (non-hydrogen) atoms. The Morgan fingerprint density at radius 3 is 2.71 bits per heavy atom. The minimum absolute atomic E-state index is 0.0230. The molecule has 1 atom stereocenters. The van der Waals surface area contributed by atoms with Crippen LogP contribution in [0.5, 0.6) is 0 Å². The maximum absolute atomic E-state index is 12.5. The van der Waals surface area contributed by atoms with Crippen molar-refractivity contribution in [2.24, 2.45) is 5.73 Å². The second-order valence-corrected chi connectivity index (χ2v) is 5.40. The monoisotopic (exact) mass is 291 g/mol. The molecule has 1 aliphatic rings. The van der Waals surface area contributed by atoms with Gasteiger partial charge in [0.2, 0.25) is 5.91 Å². The van der Waals surface area contributed by atoms with Crippen LogP contribution >= 0.6 is 0 Å². The molecule has 1 heterocycles. The summed E-state index contributed by atoms with van der Waals surface area (Å²) in [5.41, 5.74) is 6.99. The molecule has 5 nitrogen and oxygen atoms in total. The summed E-state index contributed by atoms with van der Waals surface area (Å²) in [5, 5.41) is 0. The zero-order valence-electron chi connectivity index (χ0n) is 12.7. The van der Waals surface area contributed by atoms with Crippen LogP contribution in [0.25, 0.3) is 0 Å². The van der Waals surface area contributed by atoms with Crippen LogP contribution in [0.1, 0.15) is 18.0 Å². The first-order chi connectivity index (χ1) is 10.2. The van der Waals surface area contributed by atoms with Crippen LogP contribution < -0.4 is 5.73 Å². The Morgan fingerprint density at radius 1 is 1.24 bits per heavy atom. The standard InChI is InChI=1S/C16H25N3O2/c1-21-13-12-18-8-5-9-19(11-10-18)16(20)15(17)14-6-3-2-4-7-14/h2-4,6-7,15H,5,8-13,17H2,1H3/t15-/m1/s1. The predicted molar refractivity (Wildman–Crippen MR) is 82.9 cm³/mol. The molecule has 1 fully saturated rings. The van der Waals surface area contributed by atoms with Crippen LogP contribution in [-0.2, 0) is 9.53 Å². The molecule has 1 aromatic rings. The van der Waals surface area contributed by atoms with E-state index in [1.54, 1.807) is 7.11 Å². The lowest BCUT2D eigenvalue weighted by atomic mass is 10.1. The fraction of sp³-hybridized carbons (Fsp3) is 0.562. The molecule has 1 amide bonds. The van der Waals surface area contributed by atoms with Crippen molar-refractivity contribution in [1.82, 2.24) is 9.80 Å². The van der Waals surface area contributed by atoms with Crippen molar-refractivity contribution in [3.8, 4) is 0 Å². The Bertz CT molecular complexity index is 438. The van der Waals surface area contributed by atoms with E-state index < -0.39 is 6.04 Å². The third-order valence-corrected chi connectivity index (χ3v) is 3.94. The Labute approximate surface area is 126 Å². The number of carbonyl (C=O) groups is 1. The van der Waals surface area contributed by atoms with E-state index in [4.69, 9.17) is 10.5 Å². The van der Waals surface area contributed by atoms with E-state index in [1.165, 1.54) is 0 Å². The number of nitrogens with two attached hydrogens (primary N) is 1. The molecule has 0 unspecified atom stereocenters. The average molecular weight is 291 g/mol. The average Bonchev–Trinajstić information content (AvgIpc) is 2.78. The number of benzene rings is 1. The van der Waals surface area contributed by atoms with E-state index in [2.05, 4.69) is 4.90 Å². The number of hydrogen-bond donors (Lipinski definition) is 1. The van der Waals surface area contributed by atoms with E-state index in [1.807, 2.05) is 35.2 Å². The minimum Gasteiger partial charge on any atom is -0.383 e. The largest absolute Gasteiger partial charge is 0.383 e. The van der Waals surface area contributed by atoms with E-state index in [0.717, 1.165) is 51.3 Å². The lowest BCUT2D eigenvalue weighted by Crippen LogP contribution is -2.41. The van der Waals surface area contributed by atoms with Crippen molar-refractivity contribution in [3.63, 3.8) is 0 Å². The lowest BCUT2D eigenvalue weighted by Gasteiger charge is -2.24. The maximum Gasteiger partial charge on any atom is 0.244 e. The SMILES string of the molecule is COCCN1CCCN(C(=O)[C@H](N)c2ccccc2)CC1. The molecule has 0 radical (unpaired) electrons. The summed E-state index contributed by atoms with van der Waals surface area (Å²) in [4.78, 5) is 16.8. The minimum atomic E-state index is -0.559. The molecule has 1 aromatic carbocycles. The Morgan fingerprint density at radius 2 is 2.00 bits per heavy atom. The van der Waals surface area contributed by atoms with Gasteiger partial charge in [-0.25, -0.2) is 0 Å². The van der Waals surface area contributed by atoms with Gasteiger partial charge in [-0.1, -0.05) is 30.3 Å². The maximum atomic E-state index is 12.5. The van der Waals surface area contributed by atoms with Gasteiger partial charge in [0.25, 0.3) is 0 Å². The van der Waals surface area contributed by atoms with Crippen molar-refractivity contribution in [2.75, 3.05) is 46.4 Å². The molecule has 0 bridgehead atoms. The van der Waals surface area contributed by atoms with E-state index >= 15 is 0 Å². The van der Waals surface area contributed by atoms with Gasteiger partial charge < -0.3 is 15.4 Å². The van der Waals surface area contributed by atoms with E-state index in [-0.39, 0.29) is 5.91 Å². The number of rotatable bonds is 5. The highest BCUT2D eigenvalue weighted by molar-refractivity contribution is 5.83. The summed E-state index contributed by atoms with van der Waals surface area (Å²) in [6.07, 6.45) is 0.983. The molecule has 1 aliphatic heterocycles. The van der Waals surface area contributed by atoms with Gasteiger partial charge >= 0.3 is 0 Å². The fourth-order valence-corrected chi connectivity index (χ4v) is 2.63. The Balaban J connectivity index is 1.91. The van der Waals surface area contributed by atoms with Crippen LogP contribution in [0.15, 0.2) is 30.3 Å². The van der Waals surface area contributed by atoms with Gasteiger partial charge in [0.05, 0.1) is 6.61 Å². The molecule has 2 rings (SSSR count). The fourth-order valence-electron chi connectivity index (χ4n) is 2.63. The summed E-state index contributed by atoms with van der Waals surface area (Å²) in [6, 6.07) is 9.02. The van der Waals surface area contributed by atoms with Crippen LogP contribution in [0.4, 0.5) is 0 Å². The molecule has 0 aromatic heterocycles. The summed E-state index contributed by atoms with van der Waals surface area (Å²) < 4.78 is 5.11. The van der Waals surface area contributed by atoms with Crippen molar-refractivity contribution in [3.05, 3.63) is 35.9 Å². The quantitative estimate of drug-likeness (QED) is 0.874. The zero-order chi connectivity index (χ0) is 15.1. The normalized spacial score (nSPS) is 18.3. The van der Waals surface area contributed by atoms with Gasteiger partial charge in [-0.15, -0.1) is 0 Å². The highest BCUT2D eigenvalue weighted by atomic mass is 16.5. The van der Waals surface area contributed by atoms with Gasteiger partial charge in [-0.2, -0.15) is 0 Å². The molecule has 1 saturated heterocycles. The predicted octanol–water partition coefficient (Wildman–Crippen LogP) is 0.867. The van der Waals surface area contributed by atoms with E-state index in [9.17, 15) is 4.79 Å². The van der Waals surface area contributed by atoms with Gasteiger partial charge in [-0.3, -0.25) is 9.69 Å². The van der Waals surface area contributed by atoms with E-state index in [0.29, 0.717) is 0 Å². The van der Waals surface area contributed by atoms with Crippen molar-refractivity contribution < 1.29 is 9.53 Å². The number of hydrogen-bond acceptors (Lipinski definition) is 4. The summed E-state index contributed by atoms with van der Waals surface area (Å²) >= 11 is 0. The first-order valence-electron chi connectivity index (χ1n) is 7.53. The van der Waals surface area contributed by atoms with Gasteiger partial charge in [-0.05, 0) is 18.5 Å². The second-order valence-electron chi connectivity index (χ2n) is 5.40. The molecule has 0 saturated carbocycles. The summed E-state index contributed by atoms with van der Waals surface area (Å²) in [7, 11) is 1.71. The number of ether oxygens (including phenoxy) is 1. The highest BCUT2D eigenvalue weighted by Gasteiger charge is 2.24. The highest BCUT2D eigenvalue weighted by Crippen LogP contribution is 2.14. The Kier molecular flexibility index (Phi) is 6.17. The van der Waals surface area contributed by atoms with Gasteiger partial charge in [0.1, 0.15) is 6.04 Å². The number of carbonyl (C=O) groups excluding carboxylic acids is 1. The van der Waals surface area contributed by atoms with Gasteiger partial charge in [0, 0.05) is 33.3 Å². The molecule has 2 N–H and O–H groups in total. The zero-order valence-corrected chi connectivity index (χ0v) is 12.7. The third-order valence-electron chi connectivity index (χ3n) is 3.94. The van der Waals surface area contributed by atoms with Crippen LogP contribution in [0.2, 0.25) is 0 Å². The number of methoxy groups -OCH3 is 1. The second kappa shape index (κ2) is 8.12. The Hall–Kier alpha value is -1.43.